The van der Waals surface area contributed by atoms with Crippen molar-refractivity contribution in [3.63, 3.8) is 0 Å². The Morgan fingerprint density at radius 2 is 1.88 bits per heavy atom. The summed E-state index contributed by atoms with van der Waals surface area (Å²) in [4.78, 5) is 28.2. The summed E-state index contributed by atoms with van der Waals surface area (Å²) in [7, 11) is 0. The molecule has 0 saturated carbocycles. The fraction of sp³-hybridized carbons (Fsp3) is 0.167. The molecule has 122 valence electrons. The van der Waals surface area contributed by atoms with Gasteiger partial charge in [-0.25, -0.2) is 4.98 Å². The highest BCUT2D eigenvalue weighted by Gasteiger charge is 2.10. The predicted molar refractivity (Wildman–Crippen MR) is 100 cm³/mol. The van der Waals surface area contributed by atoms with Crippen molar-refractivity contribution in [2.75, 3.05) is 11.1 Å². The molecule has 1 N–H and O–H groups in total. The molecule has 0 spiro atoms. The second-order valence-electron chi connectivity index (χ2n) is 5.14. The van der Waals surface area contributed by atoms with E-state index in [1.165, 1.54) is 11.8 Å². The maximum Gasteiger partial charge on any atom is 0.224 e. The van der Waals surface area contributed by atoms with E-state index in [4.69, 9.17) is 0 Å². The van der Waals surface area contributed by atoms with Crippen LogP contribution in [0.1, 0.15) is 23.7 Å². The van der Waals surface area contributed by atoms with Crippen LogP contribution in [0.15, 0.2) is 52.9 Å². The Morgan fingerprint density at radius 1 is 1.12 bits per heavy atom. The van der Waals surface area contributed by atoms with Gasteiger partial charge in [-0.1, -0.05) is 30.8 Å². The summed E-state index contributed by atoms with van der Waals surface area (Å²) >= 11 is 3.05. The van der Waals surface area contributed by atoms with E-state index in [9.17, 15) is 9.59 Å². The molecule has 6 heteroatoms. The van der Waals surface area contributed by atoms with Crippen molar-refractivity contribution >= 4 is 50.7 Å². The first-order valence-corrected chi connectivity index (χ1v) is 9.37. The number of benzene rings is 2. The van der Waals surface area contributed by atoms with Gasteiger partial charge in [0.25, 0.3) is 0 Å². The third kappa shape index (κ3) is 4.01. The number of anilines is 1. The van der Waals surface area contributed by atoms with Gasteiger partial charge >= 0.3 is 0 Å². The van der Waals surface area contributed by atoms with Gasteiger partial charge in [0.15, 0.2) is 10.1 Å². The molecule has 24 heavy (non-hydrogen) atoms. The number of fused-ring (bicyclic) bond motifs is 1. The molecule has 0 bridgehead atoms. The van der Waals surface area contributed by atoms with Crippen LogP contribution in [-0.2, 0) is 4.79 Å². The number of hydrogen-bond acceptors (Lipinski definition) is 5. The number of rotatable bonds is 6. The SMILES string of the molecule is CCC(=O)Nc1ccc(C(=O)CSc2nc3ccccc3s2)cc1. The minimum atomic E-state index is -0.0412. The van der Waals surface area contributed by atoms with E-state index in [0.29, 0.717) is 23.4 Å². The summed E-state index contributed by atoms with van der Waals surface area (Å²) < 4.78 is 2.03. The molecular formula is C18H16N2O2S2. The molecule has 0 saturated heterocycles. The number of nitrogens with zero attached hydrogens (tertiary/aromatic N) is 1. The van der Waals surface area contributed by atoms with Gasteiger partial charge in [-0.05, 0) is 36.4 Å². The van der Waals surface area contributed by atoms with Gasteiger partial charge in [-0.3, -0.25) is 9.59 Å². The molecule has 0 unspecified atom stereocenters. The minimum Gasteiger partial charge on any atom is -0.326 e. The Morgan fingerprint density at radius 3 is 2.58 bits per heavy atom. The predicted octanol–water partition coefficient (Wildman–Crippen LogP) is 4.62. The Labute approximate surface area is 148 Å². The molecule has 0 atom stereocenters. The highest BCUT2D eigenvalue weighted by atomic mass is 32.2. The second kappa shape index (κ2) is 7.59. The average Bonchev–Trinajstić information content (AvgIpc) is 3.03. The standard InChI is InChI=1S/C18H16N2O2S2/c1-2-17(22)19-13-9-7-12(8-10-13)15(21)11-23-18-20-14-5-3-4-6-16(14)24-18/h3-10H,2,11H2,1H3,(H,19,22). The van der Waals surface area contributed by atoms with E-state index in [0.717, 1.165) is 14.6 Å². The van der Waals surface area contributed by atoms with Gasteiger partial charge in [-0.2, -0.15) is 0 Å². The summed E-state index contributed by atoms with van der Waals surface area (Å²) in [6.07, 6.45) is 0.430. The van der Waals surface area contributed by atoms with Gasteiger partial charge in [0.2, 0.25) is 5.91 Å². The number of aromatic nitrogens is 1. The molecule has 1 amide bonds. The largest absolute Gasteiger partial charge is 0.326 e. The summed E-state index contributed by atoms with van der Waals surface area (Å²) in [6, 6.07) is 14.9. The van der Waals surface area contributed by atoms with E-state index in [2.05, 4.69) is 10.3 Å². The van der Waals surface area contributed by atoms with Crippen LogP contribution >= 0.6 is 23.1 Å². The monoisotopic (exact) mass is 356 g/mol. The number of para-hydroxylation sites is 1. The van der Waals surface area contributed by atoms with E-state index in [-0.39, 0.29) is 11.7 Å². The van der Waals surface area contributed by atoms with Crippen LogP contribution in [0.3, 0.4) is 0 Å². The number of Topliss-reactive ketones (excluding diaryl/α,β-unsaturated/α-hetero) is 1. The number of thioether (sulfide) groups is 1. The Kier molecular flexibility index (Phi) is 5.27. The van der Waals surface area contributed by atoms with E-state index in [1.807, 2.05) is 24.3 Å². The summed E-state index contributed by atoms with van der Waals surface area (Å²) in [5, 5.41) is 2.77. The van der Waals surface area contributed by atoms with Crippen molar-refractivity contribution < 1.29 is 9.59 Å². The summed E-state index contributed by atoms with van der Waals surface area (Å²) in [6.45, 7) is 1.80. The smallest absolute Gasteiger partial charge is 0.224 e. The summed E-state index contributed by atoms with van der Waals surface area (Å²) in [5.41, 5.74) is 2.31. The lowest BCUT2D eigenvalue weighted by molar-refractivity contribution is -0.115. The first-order valence-electron chi connectivity index (χ1n) is 7.57. The summed E-state index contributed by atoms with van der Waals surface area (Å²) in [5.74, 6) is 0.355. The van der Waals surface area contributed by atoms with Crippen molar-refractivity contribution in [3.05, 3.63) is 54.1 Å². The van der Waals surface area contributed by atoms with E-state index < -0.39 is 0 Å². The third-order valence-electron chi connectivity index (χ3n) is 3.41. The van der Waals surface area contributed by atoms with Crippen molar-refractivity contribution in [2.45, 2.75) is 17.7 Å². The van der Waals surface area contributed by atoms with E-state index >= 15 is 0 Å². The zero-order valence-electron chi connectivity index (χ0n) is 13.1. The molecular weight excluding hydrogens is 340 g/mol. The molecule has 1 aromatic heterocycles. The van der Waals surface area contributed by atoms with Crippen LogP contribution < -0.4 is 5.32 Å². The normalized spacial score (nSPS) is 10.7. The number of hydrogen-bond donors (Lipinski definition) is 1. The number of thiazole rings is 1. The highest BCUT2D eigenvalue weighted by Crippen LogP contribution is 2.29. The highest BCUT2D eigenvalue weighted by molar-refractivity contribution is 8.01. The van der Waals surface area contributed by atoms with Crippen molar-refractivity contribution in [3.8, 4) is 0 Å². The van der Waals surface area contributed by atoms with Crippen LogP contribution in [0.25, 0.3) is 10.2 Å². The van der Waals surface area contributed by atoms with Gasteiger partial charge in [0, 0.05) is 17.7 Å². The second-order valence-corrected chi connectivity index (χ2v) is 7.39. The lowest BCUT2D eigenvalue weighted by atomic mass is 10.1. The molecule has 0 aliphatic rings. The third-order valence-corrected chi connectivity index (χ3v) is 5.59. The molecule has 0 aliphatic heterocycles. The molecule has 0 aliphatic carbocycles. The van der Waals surface area contributed by atoms with Crippen molar-refractivity contribution in [2.24, 2.45) is 0 Å². The minimum absolute atomic E-state index is 0.0412. The van der Waals surface area contributed by atoms with Crippen molar-refractivity contribution in [1.29, 1.82) is 0 Å². The zero-order chi connectivity index (χ0) is 16.9. The van der Waals surface area contributed by atoms with Gasteiger partial charge in [-0.15, -0.1) is 11.3 Å². The number of carbonyl (C=O) groups excluding carboxylic acids is 2. The van der Waals surface area contributed by atoms with Gasteiger partial charge in [0.1, 0.15) is 0 Å². The molecule has 2 aromatic carbocycles. The van der Waals surface area contributed by atoms with Crippen LogP contribution in [0.4, 0.5) is 5.69 Å². The maximum atomic E-state index is 12.3. The quantitative estimate of drug-likeness (QED) is 0.517. The van der Waals surface area contributed by atoms with Gasteiger partial charge < -0.3 is 5.32 Å². The van der Waals surface area contributed by atoms with Crippen LogP contribution in [0, 0.1) is 0 Å². The van der Waals surface area contributed by atoms with Crippen molar-refractivity contribution in [1.82, 2.24) is 4.98 Å². The Bertz CT molecular complexity index is 839. The fourth-order valence-corrected chi connectivity index (χ4v) is 4.08. The topological polar surface area (TPSA) is 59.1 Å². The zero-order valence-corrected chi connectivity index (χ0v) is 14.7. The molecule has 1 heterocycles. The Balaban J connectivity index is 1.61. The average molecular weight is 356 g/mol. The van der Waals surface area contributed by atoms with Gasteiger partial charge in [0.05, 0.1) is 16.0 Å². The number of nitrogens with one attached hydrogen (secondary N) is 1. The molecule has 3 rings (SSSR count). The maximum absolute atomic E-state index is 12.3. The lowest BCUT2D eigenvalue weighted by Crippen LogP contribution is -2.09. The first kappa shape index (κ1) is 16.7. The molecule has 0 fully saturated rings. The van der Waals surface area contributed by atoms with Crippen LogP contribution in [0.2, 0.25) is 0 Å². The lowest BCUT2D eigenvalue weighted by Gasteiger charge is -2.04. The molecule has 3 aromatic rings. The number of ketones is 1. The number of amides is 1. The van der Waals surface area contributed by atoms with Crippen LogP contribution in [0.5, 0.6) is 0 Å². The van der Waals surface area contributed by atoms with Crippen LogP contribution in [-0.4, -0.2) is 22.4 Å². The van der Waals surface area contributed by atoms with E-state index in [1.54, 1.807) is 42.5 Å². The molecule has 4 nitrogen and oxygen atoms in total. The Hall–Kier alpha value is -2.18. The number of carbonyl (C=O) groups is 2. The first-order chi connectivity index (χ1) is 11.7. The fourth-order valence-electron chi connectivity index (χ4n) is 2.11. The molecule has 0 radical (unpaired) electrons.